The van der Waals surface area contributed by atoms with Crippen LogP contribution in [0.5, 0.6) is 0 Å². The summed E-state index contributed by atoms with van der Waals surface area (Å²) in [7, 11) is 0. The highest BCUT2D eigenvalue weighted by Crippen LogP contribution is 2.23. The number of amides is 2. The first kappa shape index (κ1) is 19.8. The van der Waals surface area contributed by atoms with Crippen molar-refractivity contribution in [3.8, 4) is 0 Å². The van der Waals surface area contributed by atoms with Crippen molar-refractivity contribution in [3.05, 3.63) is 35.4 Å². The topological polar surface area (TPSA) is 78.7 Å². The Kier molecular flexibility index (Phi) is 6.85. The van der Waals surface area contributed by atoms with Gasteiger partial charge in [-0.25, -0.2) is 0 Å². The largest absolute Gasteiger partial charge is 0.366 e. The van der Waals surface area contributed by atoms with Crippen LogP contribution in [0.2, 0.25) is 0 Å². The zero-order chi connectivity index (χ0) is 19.2. The average molecular weight is 373 g/mol. The number of benzene rings is 1. The molecule has 2 amide bonds. The number of carbonyl (C=O) groups is 2. The number of hydrogen-bond acceptors (Lipinski definition) is 4. The third-order valence-electron chi connectivity index (χ3n) is 5.78. The molecule has 1 aliphatic heterocycles. The monoisotopic (exact) mass is 372 g/mol. The fourth-order valence-corrected chi connectivity index (χ4v) is 4.18. The SMILES string of the molecule is CC1CCCC(NC(=O)CN2CCN(Cc3ccc(C(N)=O)cc3)CC2)C1. The first-order valence-corrected chi connectivity index (χ1v) is 10.1. The Bertz CT molecular complexity index is 638. The zero-order valence-electron chi connectivity index (χ0n) is 16.3. The van der Waals surface area contributed by atoms with Gasteiger partial charge in [0.1, 0.15) is 0 Å². The van der Waals surface area contributed by atoms with Crippen LogP contribution in [-0.4, -0.2) is 60.4 Å². The standard InChI is InChI=1S/C21H32N4O2/c1-16-3-2-4-19(13-16)23-20(26)15-25-11-9-24(10-12-25)14-17-5-7-18(8-6-17)21(22)27/h5-8,16,19H,2-4,9-15H2,1H3,(H2,22,27)(H,23,26). The summed E-state index contributed by atoms with van der Waals surface area (Å²) in [5.74, 6) is 0.505. The lowest BCUT2D eigenvalue weighted by molar-refractivity contribution is -0.123. The van der Waals surface area contributed by atoms with E-state index in [1.165, 1.54) is 18.4 Å². The molecule has 1 aromatic carbocycles. The molecule has 6 heteroatoms. The minimum Gasteiger partial charge on any atom is -0.366 e. The molecule has 1 aliphatic carbocycles. The van der Waals surface area contributed by atoms with Gasteiger partial charge >= 0.3 is 0 Å². The normalized spacial score (nSPS) is 24.5. The lowest BCUT2D eigenvalue weighted by Crippen LogP contribution is -2.50. The summed E-state index contributed by atoms with van der Waals surface area (Å²) in [5, 5.41) is 3.23. The summed E-state index contributed by atoms with van der Waals surface area (Å²) in [6.45, 7) is 7.36. The van der Waals surface area contributed by atoms with E-state index in [-0.39, 0.29) is 5.91 Å². The summed E-state index contributed by atoms with van der Waals surface area (Å²) in [6, 6.07) is 7.86. The van der Waals surface area contributed by atoms with Gasteiger partial charge in [0.05, 0.1) is 6.54 Å². The van der Waals surface area contributed by atoms with Gasteiger partial charge in [-0.05, 0) is 36.5 Å². The third kappa shape index (κ3) is 6.04. The number of primary amides is 1. The maximum absolute atomic E-state index is 12.3. The van der Waals surface area contributed by atoms with Gasteiger partial charge in [-0.15, -0.1) is 0 Å². The fourth-order valence-electron chi connectivity index (χ4n) is 4.18. The van der Waals surface area contributed by atoms with E-state index < -0.39 is 5.91 Å². The molecule has 1 saturated carbocycles. The van der Waals surface area contributed by atoms with Crippen molar-refractivity contribution in [1.82, 2.24) is 15.1 Å². The van der Waals surface area contributed by atoms with Crippen LogP contribution < -0.4 is 11.1 Å². The summed E-state index contributed by atoms with van der Waals surface area (Å²) in [4.78, 5) is 28.1. The summed E-state index contributed by atoms with van der Waals surface area (Å²) in [5.41, 5.74) is 7.00. The third-order valence-corrected chi connectivity index (χ3v) is 5.78. The molecule has 0 radical (unpaired) electrons. The molecule has 27 heavy (non-hydrogen) atoms. The van der Waals surface area contributed by atoms with Gasteiger partial charge in [0, 0.05) is 44.3 Å². The highest BCUT2D eigenvalue weighted by molar-refractivity contribution is 5.92. The van der Waals surface area contributed by atoms with E-state index in [9.17, 15) is 9.59 Å². The van der Waals surface area contributed by atoms with E-state index >= 15 is 0 Å². The molecule has 1 heterocycles. The maximum atomic E-state index is 12.3. The summed E-state index contributed by atoms with van der Waals surface area (Å²) < 4.78 is 0. The van der Waals surface area contributed by atoms with E-state index in [0.717, 1.165) is 51.5 Å². The molecular weight excluding hydrogens is 340 g/mol. The highest BCUT2D eigenvalue weighted by atomic mass is 16.2. The molecular formula is C21H32N4O2. The molecule has 2 atom stereocenters. The molecule has 2 fully saturated rings. The van der Waals surface area contributed by atoms with Crippen LogP contribution in [0.25, 0.3) is 0 Å². The van der Waals surface area contributed by atoms with Crippen LogP contribution in [0.3, 0.4) is 0 Å². The van der Waals surface area contributed by atoms with Crippen molar-refractivity contribution in [2.75, 3.05) is 32.7 Å². The quantitative estimate of drug-likeness (QED) is 0.795. The molecule has 0 bridgehead atoms. The molecule has 3 rings (SSSR count). The van der Waals surface area contributed by atoms with Gasteiger partial charge in [-0.1, -0.05) is 31.9 Å². The van der Waals surface area contributed by atoms with Crippen molar-refractivity contribution in [2.45, 2.75) is 45.2 Å². The van der Waals surface area contributed by atoms with Gasteiger partial charge in [-0.3, -0.25) is 19.4 Å². The van der Waals surface area contributed by atoms with E-state index in [4.69, 9.17) is 5.73 Å². The van der Waals surface area contributed by atoms with Crippen LogP contribution in [-0.2, 0) is 11.3 Å². The van der Waals surface area contributed by atoms with Crippen molar-refractivity contribution in [3.63, 3.8) is 0 Å². The van der Waals surface area contributed by atoms with Crippen molar-refractivity contribution in [1.29, 1.82) is 0 Å². The Balaban J connectivity index is 1.38. The number of nitrogens with two attached hydrogens (primary N) is 1. The number of nitrogens with one attached hydrogen (secondary N) is 1. The van der Waals surface area contributed by atoms with E-state index in [2.05, 4.69) is 22.0 Å². The van der Waals surface area contributed by atoms with Crippen LogP contribution in [0.4, 0.5) is 0 Å². The molecule has 2 unspecified atom stereocenters. The predicted octanol–water partition coefficient (Wildman–Crippen LogP) is 1.60. The van der Waals surface area contributed by atoms with Crippen molar-refractivity contribution in [2.24, 2.45) is 11.7 Å². The van der Waals surface area contributed by atoms with Crippen molar-refractivity contribution >= 4 is 11.8 Å². The molecule has 1 saturated heterocycles. The smallest absolute Gasteiger partial charge is 0.248 e. The molecule has 3 N–H and O–H groups in total. The van der Waals surface area contributed by atoms with Gasteiger partial charge in [-0.2, -0.15) is 0 Å². The second kappa shape index (κ2) is 9.33. The lowest BCUT2D eigenvalue weighted by Gasteiger charge is -2.35. The Labute approximate surface area is 162 Å². The minimum atomic E-state index is -0.392. The Morgan fingerprint density at radius 1 is 1.07 bits per heavy atom. The Morgan fingerprint density at radius 3 is 2.37 bits per heavy atom. The minimum absolute atomic E-state index is 0.171. The fraction of sp³-hybridized carbons (Fsp3) is 0.619. The van der Waals surface area contributed by atoms with Crippen molar-refractivity contribution < 1.29 is 9.59 Å². The molecule has 1 aromatic rings. The van der Waals surface area contributed by atoms with E-state index in [1.54, 1.807) is 12.1 Å². The molecule has 148 valence electrons. The van der Waals surface area contributed by atoms with Crippen LogP contribution in [0.1, 0.15) is 48.5 Å². The second-order valence-corrected chi connectivity index (χ2v) is 8.15. The summed E-state index contributed by atoms with van der Waals surface area (Å²) in [6.07, 6.45) is 4.76. The lowest BCUT2D eigenvalue weighted by atomic mass is 9.87. The number of nitrogens with zero attached hydrogens (tertiary/aromatic N) is 2. The second-order valence-electron chi connectivity index (χ2n) is 8.15. The number of rotatable bonds is 6. The number of carbonyl (C=O) groups excluding carboxylic acids is 2. The number of piperazine rings is 1. The van der Waals surface area contributed by atoms with E-state index in [1.807, 2.05) is 12.1 Å². The number of hydrogen-bond donors (Lipinski definition) is 2. The molecule has 0 spiro atoms. The molecule has 0 aromatic heterocycles. The van der Waals surface area contributed by atoms with Gasteiger partial charge in [0.25, 0.3) is 0 Å². The average Bonchev–Trinajstić information content (AvgIpc) is 2.64. The highest BCUT2D eigenvalue weighted by Gasteiger charge is 2.23. The van der Waals surface area contributed by atoms with Gasteiger partial charge in [0.2, 0.25) is 11.8 Å². The van der Waals surface area contributed by atoms with Crippen LogP contribution in [0.15, 0.2) is 24.3 Å². The van der Waals surface area contributed by atoms with E-state index in [0.29, 0.717) is 18.2 Å². The predicted molar refractivity (Wildman–Crippen MR) is 106 cm³/mol. The van der Waals surface area contributed by atoms with Crippen LogP contribution in [0, 0.1) is 5.92 Å². The van der Waals surface area contributed by atoms with Gasteiger partial charge < -0.3 is 11.1 Å². The maximum Gasteiger partial charge on any atom is 0.248 e. The molecule has 2 aliphatic rings. The first-order valence-electron chi connectivity index (χ1n) is 10.1. The Morgan fingerprint density at radius 2 is 1.74 bits per heavy atom. The summed E-state index contributed by atoms with van der Waals surface area (Å²) >= 11 is 0. The van der Waals surface area contributed by atoms with Crippen LogP contribution >= 0.6 is 0 Å². The zero-order valence-corrected chi connectivity index (χ0v) is 16.3. The first-order chi connectivity index (χ1) is 13.0. The van der Waals surface area contributed by atoms with Gasteiger partial charge in [0.15, 0.2) is 0 Å². The Hall–Kier alpha value is -1.92. The molecule has 6 nitrogen and oxygen atoms in total.